The van der Waals surface area contributed by atoms with Gasteiger partial charge in [-0.15, -0.1) is 0 Å². The lowest BCUT2D eigenvalue weighted by molar-refractivity contribution is -0.161. The van der Waals surface area contributed by atoms with E-state index in [1.807, 2.05) is 0 Å². The minimum Gasteiger partial charge on any atom is -0.462 e. The summed E-state index contributed by atoms with van der Waals surface area (Å²) < 4.78 is 10.6. The summed E-state index contributed by atoms with van der Waals surface area (Å²) in [6, 6.07) is 0. The second kappa shape index (κ2) is 45.0. The molecule has 1 atom stereocenters. The highest BCUT2D eigenvalue weighted by Crippen LogP contribution is 2.15. The molecule has 5 heteroatoms. The molecule has 0 aromatic rings. The van der Waals surface area contributed by atoms with Gasteiger partial charge in [0.25, 0.3) is 0 Å². The molecule has 0 amide bonds. The number of aliphatic hydroxyl groups excluding tert-OH is 1. The number of allylic oxidation sites excluding steroid dienone is 10. The van der Waals surface area contributed by atoms with E-state index in [4.69, 9.17) is 9.47 Å². The molecule has 1 unspecified atom stereocenters. The van der Waals surface area contributed by atoms with Crippen molar-refractivity contribution in [2.45, 2.75) is 225 Å². The number of hydrogen-bond donors (Lipinski definition) is 1. The van der Waals surface area contributed by atoms with Crippen LogP contribution in [0.4, 0.5) is 0 Å². The van der Waals surface area contributed by atoms with Crippen LogP contribution >= 0.6 is 0 Å². The fraction of sp³-hybridized carbons (Fsp3) is 0.755. The zero-order chi connectivity index (χ0) is 39.3. The maximum atomic E-state index is 12.2. The Labute approximate surface area is 334 Å². The average Bonchev–Trinajstić information content (AvgIpc) is 3.17. The van der Waals surface area contributed by atoms with E-state index in [1.54, 1.807) is 0 Å². The van der Waals surface area contributed by atoms with Gasteiger partial charge in [-0.1, -0.05) is 209 Å². The SMILES string of the molecule is CC/C=C\C/C=C\C/C=C\C/C=C\C/C=C\CCCCCCCCCCCCCCCC(=O)OC(CO)COC(=O)CCCCCCCCCCCCC. The quantitative estimate of drug-likeness (QED) is 0.0382. The minimum absolute atomic E-state index is 0.0646. The zero-order valence-corrected chi connectivity index (χ0v) is 35.5. The van der Waals surface area contributed by atoms with Crippen LogP contribution in [0.2, 0.25) is 0 Å². The summed E-state index contributed by atoms with van der Waals surface area (Å²) in [4.78, 5) is 24.3. The largest absolute Gasteiger partial charge is 0.462 e. The number of unbranched alkanes of at least 4 members (excludes halogenated alkanes) is 23. The number of carbonyl (C=O) groups is 2. The van der Waals surface area contributed by atoms with Gasteiger partial charge in [-0.2, -0.15) is 0 Å². The molecular weight excluding hydrogens is 669 g/mol. The molecular formula is C49H86O5. The van der Waals surface area contributed by atoms with Crippen LogP contribution in [0.3, 0.4) is 0 Å². The van der Waals surface area contributed by atoms with E-state index < -0.39 is 6.10 Å². The van der Waals surface area contributed by atoms with Gasteiger partial charge in [0.15, 0.2) is 6.10 Å². The summed E-state index contributed by atoms with van der Waals surface area (Å²) in [5.41, 5.74) is 0. The lowest BCUT2D eigenvalue weighted by Crippen LogP contribution is -2.28. The maximum absolute atomic E-state index is 12.2. The van der Waals surface area contributed by atoms with Crippen molar-refractivity contribution < 1.29 is 24.2 Å². The third-order valence-corrected chi connectivity index (χ3v) is 9.83. The zero-order valence-electron chi connectivity index (χ0n) is 35.5. The molecule has 312 valence electrons. The molecule has 1 N–H and O–H groups in total. The van der Waals surface area contributed by atoms with Gasteiger partial charge in [-0.05, 0) is 57.8 Å². The van der Waals surface area contributed by atoms with Gasteiger partial charge in [0, 0.05) is 12.8 Å². The Balaban J connectivity index is 3.49. The molecule has 0 saturated carbocycles. The molecule has 0 aromatic carbocycles. The number of esters is 2. The van der Waals surface area contributed by atoms with Crippen LogP contribution < -0.4 is 0 Å². The van der Waals surface area contributed by atoms with Crippen molar-refractivity contribution in [1.29, 1.82) is 0 Å². The number of hydrogen-bond acceptors (Lipinski definition) is 5. The third kappa shape index (κ3) is 42.3. The van der Waals surface area contributed by atoms with Crippen molar-refractivity contribution >= 4 is 11.9 Å². The average molecular weight is 755 g/mol. The van der Waals surface area contributed by atoms with Crippen molar-refractivity contribution in [1.82, 2.24) is 0 Å². The number of carbonyl (C=O) groups excluding carboxylic acids is 2. The van der Waals surface area contributed by atoms with Crippen molar-refractivity contribution in [2.24, 2.45) is 0 Å². The van der Waals surface area contributed by atoms with Gasteiger partial charge in [0.05, 0.1) is 6.61 Å². The van der Waals surface area contributed by atoms with Crippen LogP contribution in [0.15, 0.2) is 60.8 Å². The maximum Gasteiger partial charge on any atom is 0.306 e. The monoisotopic (exact) mass is 755 g/mol. The Morgan fingerprint density at radius 3 is 1.20 bits per heavy atom. The predicted octanol–water partition coefficient (Wildman–Crippen LogP) is 14.7. The molecule has 0 aromatic heterocycles. The van der Waals surface area contributed by atoms with E-state index in [0.29, 0.717) is 12.8 Å². The first-order chi connectivity index (χ1) is 26.6. The first kappa shape index (κ1) is 51.6. The molecule has 0 rings (SSSR count). The van der Waals surface area contributed by atoms with Crippen LogP contribution in [-0.4, -0.2) is 36.4 Å². The Morgan fingerprint density at radius 1 is 0.444 bits per heavy atom. The molecule has 0 bridgehead atoms. The van der Waals surface area contributed by atoms with Gasteiger partial charge in [0.2, 0.25) is 0 Å². The van der Waals surface area contributed by atoms with Crippen LogP contribution in [0.5, 0.6) is 0 Å². The molecule has 5 nitrogen and oxygen atoms in total. The van der Waals surface area contributed by atoms with E-state index >= 15 is 0 Å². The first-order valence-corrected chi connectivity index (χ1v) is 22.8. The van der Waals surface area contributed by atoms with Gasteiger partial charge in [-0.3, -0.25) is 9.59 Å². The van der Waals surface area contributed by atoms with Gasteiger partial charge in [-0.25, -0.2) is 0 Å². The molecule has 0 heterocycles. The number of ether oxygens (including phenoxy) is 2. The van der Waals surface area contributed by atoms with E-state index in [2.05, 4.69) is 74.6 Å². The summed E-state index contributed by atoms with van der Waals surface area (Å²) in [6.07, 6.45) is 58.8. The topological polar surface area (TPSA) is 72.8 Å². The lowest BCUT2D eigenvalue weighted by Gasteiger charge is -2.15. The van der Waals surface area contributed by atoms with Crippen LogP contribution in [0.1, 0.15) is 219 Å². The van der Waals surface area contributed by atoms with Crippen LogP contribution in [0, 0.1) is 0 Å². The van der Waals surface area contributed by atoms with E-state index in [0.717, 1.165) is 70.6 Å². The minimum atomic E-state index is -0.770. The molecule has 0 aliphatic carbocycles. The molecule has 0 aliphatic heterocycles. The van der Waals surface area contributed by atoms with E-state index in [9.17, 15) is 14.7 Å². The Hall–Kier alpha value is -2.40. The lowest BCUT2D eigenvalue weighted by atomic mass is 10.0. The van der Waals surface area contributed by atoms with E-state index in [1.165, 1.54) is 122 Å². The number of aliphatic hydroxyl groups is 1. The first-order valence-electron chi connectivity index (χ1n) is 22.8. The Morgan fingerprint density at radius 2 is 0.796 bits per heavy atom. The third-order valence-electron chi connectivity index (χ3n) is 9.83. The number of rotatable bonds is 41. The van der Waals surface area contributed by atoms with Crippen molar-refractivity contribution in [3.05, 3.63) is 60.8 Å². The highest BCUT2D eigenvalue weighted by Gasteiger charge is 2.16. The van der Waals surface area contributed by atoms with Gasteiger partial charge < -0.3 is 14.6 Å². The standard InChI is InChI=1S/C49H86O5/c1-3-5-7-9-11-13-15-16-17-18-19-20-21-22-23-24-25-26-27-28-29-30-31-32-34-36-38-40-42-44-49(52)54-47(45-50)46-53-48(51)43-41-39-37-35-33-14-12-10-8-6-4-2/h5,7,11,13,16-17,19-20,22-23,47,50H,3-4,6,8-10,12,14-15,18,21,24-46H2,1-2H3/b7-5-,13-11-,17-16-,20-19-,23-22-. The predicted molar refractivity (Wildman–Crippen MR) is 233 cm³/mol. The van der Waals surface area contributed by atoms with Crippen LogP contribution in [-0.2, 0) is 19.1 Å². The molecule has 54 heavy (non-hydrogen) atoms. The normalized spacial score (nSPS) is 12.7. The van der Waals surface area contributed by atoms with Crippen LogP contribution in [0.25, 0.3) is 0 Å². The fourth-order valence-corrected chi connectivity index (χ4v) is 6.41. The molecule has 0 spiro atoms. The smallest absolute Gasteiger partial charge is 0.306 e. The molecule has 0 radical (unpaired) electrons. The highest BCUT2D eigenvalue weighted by atomic mass is 16.6. The van der Waals surface area contributed by atoms with E-state index in [-0.39, 0.29) is 25.2 Å². The van der Waals surface area contributed by atoms with Gasteiger partial charge >= 0.3 is 11.9 Å². The summed E-state index contributed by atoms with van der Waals surface area (Å²) in [5.74, 6) is -0.589. The molecule has 0 aliphatic rings. The summed E-state index contributed by atoms with van der Waals surface area (Å²) in [6.45, 7) is 4.02. The Bertz CT molecular complexity index is 946. The highest BCUT2D eigenvalue weighted by molar-refractivity contribution is 5.70. The fourth-order valence-electron chi connectivity index (χ4n) is 6.41. The Kier molecular flexibility index (Phi) is 43.0. The second-order valence-electron chi connectivity index (χ2n) is 15.1. The van der Waals surface area contributed by atoms with Crippen molar-refractivity contribution in [2.75, 3.05) is 13.2 Å². The summed E-state index contributed by atoms with van der Waals surface area (Å²) >= 11 is 0. The summed E-state index contributed by atoms with van der Waals surface area (Å²) in [5, 5.41) is 9.57. The second-order valence-corrected chi connectivity index (χ2v) is 15.1. The van der Waals surface area contributed by atoms with Crippen molar-refractivity contribution in [3.8, 4) is 0 Å². The molecule has 0 fully saturated rings. The van der Waals surface area contributed by atoms with Gasteiger partial charge in [0.1, 0.15) is 6.61 Å². The van der Waals surface area contributed by atoms with Crippen molar-refractivity contribution in [3.63, 3.8) is 0 Å². The molecule has 0 saturated heterocycles. The summed E-state index contributed by atoms with van der Waals surface area (Å²) in [7, 11) is 0.